The highest BCUT2D eigenvalue weighted by atomic mass is 79.9. The van der Waals surface area contributed by atoms with Crippen LogP contribution >= 0.6 is 27.3 Å². The van der Waals surface area contributed by atoms with E-state index in [-0.39, 0.29) is 0 Å². The molecule has 70 valence electrons. The van der Waals surface area contributed by atoms with E-state index in [2.05, 4.69) is 20.9 Å². The fraction of sp³-hybridized carbons (Fsp3) is 0. The third-order valence-electron chi connectivity index (χ3n) is 1.73. The fourth-order valence-electron chi connectivity index (χ4n) is 1.07. The van der Waals surface area contributed by atoms with Gasteiger partial charge in [0.25, 0.3) is 0 Å². The molecule has 0 N–H and O–H groups in total. The lowest BCUT2D eigenvalue weighted by Gasteiger charge is -1.94. The van der Waals surface area contributed by atoms with E-state index in [1.807, 2.05) is 24.3 Å². The summed E-state index contributed by atoms with van der Waals surface area (Å²) in [5, 5.41) is 2.63. The van der Waals surface area contributed by atoms with Crippen LogP contribution in [0.3, 0.4) is 0 Å². The third-order valence-corrected chi connectivity index (χ3v) is 3.17. The van der Waals surface area contributed by atoms with Crippen LogP contribution in [0.1, 0.15) is 10.5 Å². The predicted octanol–water partition coefficient (Wildman–Crippen LogP) is 3.39. The van der Waals surface area contributed by atoms with Gasteiger partial charge in [-0.05, 0) is 12.1 Å². The van der Waals surface area contributed by atoms with Crippen LogP contribution in [0.25, 0.3) is 10.6 Å². The molecule has 0 aliphatic carbocycles. The summed E-state index contributed by atoms with van der Waals surface area (Å²) < 4.78 is 1.04. The highest BCUT2D eigenvalue weighted by molar-refractivity contribution is 9.10. The summed E-state index contributed by atoms with van der Waals surface area (Å²) in [5.74, 6) is 0. The summed E-state index contributed by atoms with van der Waals surface area (Å²) in [6, 6.07) is 7.85. The number of rotatable bonds is 2. The minimum Gasteiger partial charge on any atom is -0.296 e. The molecular formula is C10H6BrNOS. The van der Waals surface area contributed by atoms with Gasteiger partial charge >= 0.3 is 0 Å². The highest BCUT2D eigenvalue weighted by Gasteiger charge is 2.03. The summed E-state index contributed by atoms with van der Waals surface area (Å²) in [7, 11) is 0. The molecule has 2 nitrogen and oxygen atoms in total. The van der Waals surface area contributed by atoms with Gasteiger partial charge in [-0.3, -0.25) is 4.79 Å². The largest absolute Gasteiger partial charge is 0.296 e. The van der Waals surface area contributed by atoms with Gasteiger partial charge in [0.1, 0.15) is 10.7 Å². The van der Waals surface area contributed by atoms with Crippen LogP contribution < -0.4 is 0 Å². The van der Waals surface area contributed by atoms with Gasteiger partial charge in [0.15, 0.2) is 6.29 Å². The van der Waals surface area contributed by atoms with E-state index in [1.54, 1.807) is 5.38 Å². The summed E-state index contributed by atoms with van der Waals surface area (Å²) in [6.07, 6.45) is 0.763. The smallest absolute Gasteiger partial charge is 0.169 e. The molecule has 0 unspecified atom stereocenters. The minimum atomic E-state index is 0.493. The van der Waals surface area contributed by atoms with Gasteiger partial charge in [-0.15, -0.1) is 11.3 Å². The lowest BCUT2D eigenvalue weighted by Crippen LogP contribution is -1.79. The zero-order valence-corrected chi connectivity index (χ0v) is 9.51. The molecule has 0 bridgehead atoms. The zero-order chi connectivity index (χ0) is 9.97. The van der Waals surface area contributed by atoms with E-state index in [4.69, 9.17) is 0 Å². The first kappa shape index (κ1) is 9.55. The molecule has 0 saturated heterocycles. The number of carbonyl (C=O) groups is 1. The van der Waals surface area contributed by atoms with E-state index in [0.29, 0.717) is 5.69 Å². The van der Waals surface area contributed by atoms with Crippen molar-refractivity contribution in [3.05, 3.63) is 39.8 Å². The monoisotopic (exact) mass is 267 g/mol. The Hall–Kier alpha value is -1.00. The zero-order valence-electron chi connectivity index (χ0n) is 7.11. The second-order valence-corrected chi connectivity index (χ2v) is 4.48. The topological polar surface area (TPSA) is 30.0 Å². The summed E-state index contributed by atoms with van der Waals surface area (Å²) in [5.41, 5.74) is 1.53. The number of halogens is 1. The number of hydrogen-bond acceptors (Lipinski definition) is 3. The van der Waals surface area contributed by atoms with Crippen LogP contribution in [-0.2, 0) is 0 Å². The van der Waals surface area contributed by atoms with Gasteiger partial charge in [0.2, 0.25) is 0 Å². The number of hydrogen-bond donors (Lipinski definition) is 0. The molecule has 0 saturated carbocycles. The van der Waals surface area contributed by atoms with Crippen molar-refractivity contribution in [2.75, 3.05) is 0 Å². The summed E-state index contributed by atoms with van der Waals surface area (Å²) in [4.78, 5) is 14.6. The Balaban J connectivity index is 2.39. The maximum absolute atomic E-state index is 10.4. The molecule has 0 atom stereocenters. The second kappa shape index (κ2) is 4.02. The highest BCUT2D eigenvalue weighted by Crippen LogP contribution is 2.24. The lowest BCUT2D eigenvalue weighted by molar-refractivity contribution is 0.111. The molecule has 0 fully saturated rings. The fourth-order valence-corrected chi connectivity index (χ4v) is 2.10. The first-order valence-corrected chi connectivity index (χ1v) is 5.63. The third kappa shape index (κ3) is 1.91. The summed E-state index contributed by atoms with van der Waals surface area (Å²) >= 11 is 4.84. The molecule has 0 aliphatic heterocycles. The van der Waals surface area contributed by atoms with E-state index in [1.165, 1.54) is 11.3 Å². The molecule has 0 spiro atoms. The number of benzene rings is 1. The average Bonchev–Trinajstić information content (AvgIpc) is 2.67. The maximum atomic E-state index is 10.4. The standard InChI is InChI=1S/C10H6BrNOS/c11-8-3-1-7(2-4-8)10-12-9(5-13)6-14-10/h1-6H. The van der Waals surface area contributed by atoms with E-state index in [0.717, 1.165) is 21.3 Å². The molecule has 1 aromatic carbocycles. The van der Waals surface area contributed by atoms with Gasteiger partial charge in [0, 0.05) is 15.4 Å². The van der Waals surface area contributed by atoms with Crippen LogP contribution in [0.4, 0.5) is 0 Å². The molecule has 2 aromatic rings. The van der Waals surface area contributed by atoms with Crippen molar-refractivity contribution in [3.8, 4) is 10.6 Å². The lowest BCUT2D eigenvalue weighted by atomic mass is 10.2. The van der Waals surface area contributed by atoms with Crippen molar-refractivity contribution in [3.63, 3.8) is 0 Å². The SMILES string of the molecule is O=Cc1csc(-c2ccc(Br)cc2)n1. The van der Waals surface area contributed by atoms with E-state index >= 15 is 0 Å². The second-order valence-electron chi connectivity index (χ2n) is 2.70. The molecule has 4 heteroatoms. The Morgan fingerprint density at radius 2 is 2.00 bits per heavy atom. The van der Waals surface area contributed by atoms with Crippen LogP contribution in [0, 0.1) is 0 Å². The van der Waals surface area contributed by atoms with Gasteiger partial charge < -0.3 is 0 Å². The summed E-state index contributed by atoms with van der Waals surface area (Å²) in [6.45, 7) is 0. The van der Waals surface area contributed by atoms with Crippen molar-refractivity contribution in [1.82, 2.24) is 4.98 Å². The first-order valence-electron chi connectivity index (χ1n) is 3.96. The maximum Gasteiger partial charge on any atom is 0.169 e. The number of carbonyl (C=O) groups excluding carboxylic acids is 1. The molecule has 0 radical (unpaired) electrons. The first-order chi connectivity index (χ1) is 6.79. The molecule has 0 aliphatic rings. The Kier molecular flexibility index (Phi) is 2.74. The Labute approximate surface area is 93.7 Å². The van der Waals surface area contributed by atoms with Crippen LogP contribution in [-0.4, -0.2) is 11.3 Å². The molecule has 1 heterocycles. The van der Waals surface area contributed by atoms with Crippen molar-refractivity contribution < 1.29 is 4.79 Å². The van der Waals surface area contributed by atoms with Crippen LogP contribution in [0.2, 0.25) is 0 Å². The van der Waals surface area contributed by atoms with Crippen molar-refractivity contribution in [2.24, 2.45) is 0 Å². The Morgan fingerprint density at radius 3 is 2.57 bits per heavy atom. The normalized spacial score (nSPS) is 10.1. The minimum absolute atomic E-state index is 0.493. The van der Waals surface area contributed by atoms with Crippen molar-refractivity contribution >= 4 is 33.6 Å². The van der Waals surface area contributed by atoms with Crippen molar-refractivity contribution in [2.45, 2.75) is 0 Å². The van der Waals surface area contributed by atoms with Gasteiger partial charge in [0.05, 0.1) is 0 Å². The number of aldehydes is 1. The number of nitrogens with zero attached hydrogens (tertiary/aromatic N) is 1. The number of thiazole rings is 1. The predicted molar refractivity (Wildman–Crippen MR) is 60.6 cm³/mol. The molecule has 1 aromatic heterocycles. The van der Waals surface area contributed by atoms with Gasteiger partial charge in [-0.2, -0.15) is 0 Å². The van der Waals surface area contributed by atoms with Crippen molar-refractivity contribution in [1.29, 1.82) is 0 Å². The average molecular weight is 268 g/mol. The molecule has 0 amide bonds. The van der Waals surface area contributed by atoms with Crippen LogP contribution in [0.15, 0.2) is 34.1 Å². The molecular weight excluding hydrogens is 262 g/mol. The number of aromatic nitrogens is 1. The molecule has 2 rings (SSSR count). The Morgan fingerprint density at radius 1 is 1.29 bits per heavy atom. The quantitative estimate of drug-likeness (QED) is 0.781. The molecule has 14 heavy (non-hydrogen) atoms. The van der Waals surface area contributed by atoms with Crippen LogP contribution in [0.5, 0.6) is 0 Å². The van der Waals surface area contributed by atoms with E-state index in [9.17, 15) is 4.79 Å². The van der Waals surface area contributed by atoms with Gasteiger partial charge in [-0.25, -0.2) is 4.98 Å². The van der Waals surface area contributed by atoms with Gasteiger partial charge in [-0.1, -0.05) is 28.1 Å². The Bertz CT molecular complexity index is 449. The van der Waals surface area contributed by atoms with E-state index < -0.39 is 0 Å².